The standard InChI is InChI=1S/C14H27N3O/c1-16(2)11-12-6-9-17(10-7-12)14(18)5-8-15-13-3-4-13/h12-13,15H,3-11H2,1-2H3. The Morgan fingerprint density at radius 1 is 1.22 bits per heavy atom. The maximum atomic E-state index is 12.0. The summed E-state index contributed by atoms with van der Waals surface area (Å²) in [6.07, 6.45) is 5.60. The van der Waals surface area contributed by atoms with E-state index in [0.717, 1.165) is 32.1 Å². The fraction of sp³-hybridized carbons (Fsp3) is 0.929. The normalized spacial score (nSPS) is 21.6. The third kappa shape index (κ3) is 4.58. The number of hydrogen-bond donors (Lipinski definition) is 1. The quantitative estimate of drug-likeness (QED) is 0.765. The van der Waals surface area contributed by atoms with Gasteiger partial charge in [0, 0.05) is 38.6 Å². The van der Waals surface area contributed by atoms with Crippen LogP contribution in [0.2, 0.25) is 0 Å². The molecule has 1 N–H and O–H groups in total. The van der Waals surface area contributed by atoms with Gasteiger partial charge in [-0.25, -0.2) is 0 Å². The number of rotatable bonds is 6. The molecule has 0 spiro atoms. The van der Waals surface area contributed by atoms with E-state index in [2.05, 4.69) is 29.2 Å². The third-order valence-electron chi connectivity index (χ3n) is 3.94. The van der Waals surface area contributed by atoms with E-state index in [1.165, 1.54) is 25.7 Å². The van der Waals surface area contributed by atoms with Gasteiger partial charge in [-0.15, -0.1) is 0 Å². The fourth-order valence-corrected chi connectivity index (χ4v) is 2.71. The summed E-state index contributed by atoms with van der Waals surface area (Å²) >= 11 is 0. The highest BCUT2D eigenvalue weighted by atomic mass is 16.2. The Bertz CT molecular complexity index is 268. The van der Waals surface area contributed by atoms with E-state index in [9.17, 15) is 4.79 Å². The van der Waals surface area contributed by atoms with Gasteiger partial charge >= 0.3 is 0 Å². The molecule has 0 radical (unpaired) electrons. The van der Waals surface area contributed by atoms with Crippen molar-refractivity contribution in [2.24, 2.45) is 5.92 Å². The van der Waals surface area contributed by atoms with Crippen molar-refractivity contribution in [3.63, 3.8) is 0 Å². The number of carbonyl (C=O) groups excluding carboxylic acids is 1. The lowest BCUT2D eigenvalue weighted by Gasteiger charge is -2.33. The SMILES string of the molecule is CN(C)CC1CCN(C(=O)CCNC2CC2)CC1. The van der Waals surface area contributed by atoms with Gasteiger partial charge < -0.3 is 15.1 Å². The first kappa shape index (κ1) is 13.8. The smallest absolute Gasteiger partial charge is 0.223 e. The Labute approximate surface area is 111 Å². The second kappa shape index (κ2) is 6.53. The minimum Gasteiger partial charge on any atom is -0.343 e. The molecule has 2 aliphatic rings. The van der Waals surface area contributed by atoms with Gasteiger partial charge in [0.05, 0.1) is 0 Å². The number of hydrogen-bond acceptors (Lipinski definition) is 3. The molecule has 18 heavy (non-hydrogen) atoms. The monoisotopic (exact) mass is 253 g/mol. The van der Waals surface area contributed by atoms with Gasteiger partial charge in [-0.1, -0.05) is 0 Å². The molecule has 2 rings (SSSR count). The van der Waals surface area contributed by atoms with Crippen LogP contribution < -0.4 is 5.32 Å². The zero-order valence-electron chi connectivity index (χ0n) is 11.8. The van der Waals surface area contributed by atoms with Crippen molar-refractivity contribution in [1.29, 1.82) is 0 Å². The lowest BCUT2D eigenvalue weighted by molar-refractivity contribution is -0.132. The molecular formula is C14H27N3O. The van der Waals surface area contributed by atoms with Gasteiger partial charge in [0.2, 0.25) is 5.91 Å². The Kier molecular flexibility index (Phi) is 5.01. The minimum atomic E-state index is 0.339. The maximum absolute atomic E-state index is 12.0. The van der Waals surface area contributed by atoms with Crippen LogP contribution in [0.3, 0.4) is 0 Å². The molecule has 0 bridgehead atoms. The molecule has 0 aromatic heterocycles. The largest absolute Gasteiger partial charge is 0.343 e. The highest BCUT2D eigenvalue weighted by Crippen LogP contribution is 2.19. The zero-order valence-corrected chi connectivity index (χ0v) is 11.8. The predicted octanol–water partition coefficient (Wildman–Crippen LogP) is 0.929. The van der Waals surface area contributed by atoms with Crippen LogP contribution in [0.1, 0.15) is 32.1 Å². The van der Waals surface area contributed by atoms with Crippen LogP contribution in [0, 0.1) is 5.92 Å². The minimum absolute atomic E-state index is 0.339. The summed E-state index contributed by atoms with van der Waals surface area (Å²) in [6.45, 7) is 3.94. The summed E-state index contributed by atoms with van der Waals surface area (Å²) in [4.78, 5) is 16.3. The molecule has 1 aliphatic carbocycles. The molecule has 0 unspecified atom stereocenters. The van der Waals surface area contributed by atoms with Crippen LogP contribution >= 0.6 is 0 Å². The summed E-state index contributed by atoms with van der Waals surface area (Å²) in [5.74, 6) is 1.11. The molecular weight excluding hydrogens is 226 g/mol. The number of carbonyl (C=O) groups is 1. The molecule has 0 aromatic carbocycles. The van der Waals surface area contributed by atoms with Gasteiger partial charge in [0.1, 0.15) is 0 Å². The van der Waals surface area contributed by atoms with Crippen LogP contribution in [0.5, 0.6) is 0 Å². The van der Waals surface area contributed by atoms with Crippen LogP contribution in [-0.2, 0) is 4.79 Å². The van der Waals surface area contributed by atoms with Gasteiger partial charge in [-0.05, 0) is 45.7 Å². The second-order valence-electron chi connectivity index (χ2n) is 6.06. The van der Waals surface area contributed by atoms with Crippen LogP contribution in [0.15, 0.2) is 0 Å². The Balaban J connectivity index is 1.60. The van der Waals surface area contributed by atoms with E-state index in [1.807, 2.05) is 0 Å². The average Bonchev–Trinajstić information content (AvgIpc) is 3.13. The van der Waals surface area contributed by atoms with Gasteiger partial charge in [0.15, 0.2) is 0 Å². The Morgan fingerprint density at radius 3 is 2.44 bits per heavy atom. The average molecular weight is 253 g/mol. The van der Waals surface area contributed by atoms with Crippen LogP contribution in [-0.4, -0.2) is 62.0 Å². The van der Waals surface area contributed by atoms with Crippen molar-refractivity contribution in [3.8, 4) is 0 Å². The second-order valence-corrected chi connectivity index (χ2v) is 6.06. The number of amides is 1. The molecule has 1 heterocycles. The zero-order chi connectivity index (χ0) is 13.0. The molecule has 1 aliphatic heterocycles. The van der Waals surface area contributed by atoms with Crippen LogP contribution in [0.4, 0.5) is 0 Å². The van der Waals surface area contributed by atoms with E-state index in [0.29, 0.717) is 18.4 Å². The van der Waals surface area contributed by atoms with E-state index in [1.54, 1.807) is 0 Å². The van der Waals surface area contributed by atoms with Gasteiger partial charge in [-0.3, -0.25) is 4.79 Å². The molecule has 1 saturated carbocycles. The Hall–Kier alpha value is -0.610. The number of nitrogens with zero attached hydrogens (tertiary/aromatic N) is 2. The molecule has 0 aromatic rings. The van der Waals surface area contributed by atoms with E-state index in [4.69, 9.17) is 0 Å². The van der Waals surface area contributed by atoms with Crippen molar-refractivity contribution >= 4 is 5.91 Å². The molecule has 4 nitrogen and oxygen atoms in total. The summed E-state index contributed by atoms with van der Waals surface area (Å²) in [6, 6.07) is 0.712. The highest BCUT2D eigenvalue weighted by Gasteiger charge is 2.24. The first-order valence-electron chi connectivity index (χ1n) is 7.31. The number of likely N-dealkylation sites (tertiary alicyclic amines) is 1. The van der Waals surface area contributed by atoms with Gasteiger partial charge in [-0.2, -0.15) is 0 Å². The van der Waals surface area contributed by atoms with E-state index < -0.39 is 0 Å². The van der Waals surface area contributed by atoms with E-state index in [-0.39, 0.29) is 0 Å². The lowest BCUT2D eigenvalue weighted by Crippen LogP contribution is -2.41. The topological polar surface area (TPSA) is 35.6 Å². The van der Waals surface area contributed by atoms with Crippen molar-refractivity contribution in [1.82, 2.24) is 15.1 Å². The van der Waals surface area contributed by atoms with Crippen molar-refractivity contribution in [3.05, 3.63) is 0 Å². The first-order chi connectivity index (χ1) is 8.65. The van der Waals surface area contributed by atoms with Crippen molar-refractivity contribution in [2.75, 3.05) is 40.3 Å². The van der Waals surface area contributed by atoms with Gasteiger partial charge in [0.25, 0.3) is 0 Å². The first-order valence-corrected chi connectivity index (χ1v) is 7.31. The fourth-order valence-electron chi connectivity index (χ4n) is 2.71. The molecule has 1 amide bonds. The summed E-state index contributed by atoms with van der Waals surface area (Å²) in [5.41, 5.74) is 0. The molecule has 4 heteroatoms. The van der Waals surface area contributed by atoms with Crippen LogP contribution in [0.25, 0.3) is 0 Å². The van der Waals surface area contributed by atoms with Crippen molar-refractivity contribution in [2.45, 2.75) is 38.1 Å². The molecule has 104 valence electrons. The third-order valence-corrected chi connectivity index (χ3v) is 3.94. The van der Waals surface area contributed by atoms with Crippen molar-refractivity contribution < 1.29 is 4.79 Å². The summed E-state index contributed by atoms with van der Waals surface area (Å²) in [7, 11) is 4.25. The summed E-state index contributed by atoms with van der Waals surface area (Å²) < 4.78 is 0. The summed E-state index contributed by atoms with van der Waals surface area (Å²) in [5, 5.41) is 3.41. The molecule has 0 atom stereocenters. The molecule has 2 fully saturated rings. The molecule has 1 saturated heterocycles. The van der Waals surface area contributed by atoms with E-state index >= 15 is 0 Å². The highest BCUT2D eigenvalue weighted by molar-refractivity contribution is 5.76. The number of piperidine rings is 1. The lowest BCUT2D eigenvalue weighted by atomic mass is 9.96. The Morgan fingerprint density at radius 2 is 1.89 bits per heavy atom. The number of nitrogens with one attached hydrogen (secondary N) is 1. The maximum Gasteiger partial charge on any atom is 0.223 e. The predicted molar refractivity (Wildman–Crippen MR) is 73.5 cm³/mol.